The number of hydrogen-bond donors (Lipinski definition) is 0. The highest BCUT2D eigenvalue weighted by atomic mass is 35.5. The number of hydrogen-bond acceptors (Lipinski definition) is 1. The van der Waals surface area contributed by atoms with Gasteiger partial charge in [-0.15, -0.1) is 0 Å². The third-order valence-corrected chi connectivity index (χ3v) is 3.07. The van der Waals surface area contributed by atoms with Gasteiger partial charge < -0.3 is 4.55 Å². The molecule has 56 valence electrons. The van der Waals surface area contributed by atoms with Crippen molar-refractivity contribution in [3.05, 3.63) is 0 Å². The molecule has 3 heteroatoms. The van der Waals surface area contributed by atoms with Crippen molar-refractivity contribution in [2.75, 3.05) is 6.26 Å². The molecule has 9 heavy (non-hydrogen) atoms. The number of unbranched alkanes of at least 4 members (excludes halogenated alkanes) is 1. The third-order valence-electron chi connectivity index (χ3n) is 1.14. The normalized spacial score (nSPS) is 17.3. The number of halogens is 1. The zero-order valence-corrected chi connectivity index (χ0v) is 7.47. The quantitative estimate of drug-likeness (QED) is 0.466. The molecular weight excluding hydrogens is 156 g/mol. The summed E-state index contributed by atoms with van der Waals surface area (Å²) in [5, 5.41) is 0. The van der Waals surface area contributed by atoms with Gasteiger partial charge in [-0.2, -0.15) is 0 Å². The monoisotopic (exact) mass is 168 g/mol. The Balaban J connectivity index is 3.16. The molecule has 0 bridgehead atoms. The van der Waals surface area contributed by atoms with Crippen molar-refractivity contribution in [3.8, 4) is 0 Å². The first-order chi connectivity index (χ1) is 4.18. The molecule has 0 saturated heterocycles. The fourth-order valence-corrected chi connectivity index (χ4v) is 1.18. The van der Waals surface area contributed by atoms with Crippen molar-refractivity contribution in [1.29, 1.82) is 0 Å². The lowest BCUT2D eigenvalue weighted by atomic mass is 10.3. The van der Waals surface area contributed by atoms with Gasteiger partial charge in [0.2, 0.25) is 0 Å². The van der Waals surface area contributed by atoms with Gasteiger partial charge in [0.05, 0.1) is 6.26 Å². The average molecular weight is 169 g/mol. The smallest absolute Gasteiger partial charge is 0.188 e. The van der Waals surface area contributed by atoms with E-state index < -0.39 is 11.2 Å². The Labute approximate surface area is 65.0 Å². The second-order valence-corrected chi connectivity index (χ2v) is 4.40. The van der Waals surface area contributed by atoms with Gasteiger partial charge in [-0.05, 0) is 17.6 Å². The average Bonchev–Trinajstić information content (AvgIpc) is 1.82. The zero-order chi connectivity index (χ0) is 7.28. The predicted octanol–water partition coefficient (Wildman–Crippen LogP) is 2.12. The second kappa shape index (κ2) is 5.39. The van der Waals surface area contributed by atoms with E-state index in [2.05, 4.69) is 6.92 Å². The van der Waals surface area contributed by atoms with E-state index in [1.807, 2.05) is 0 Å². The van der Waals surface area contributed by atoms with Crippen LogP contribution in [0.1, 0.15) is 26.2 Å². The third kappa shape index (κ3) is 5.07. The Bertz CT molecular complexity index is 68.1. The fraction of sp³-hybridized carbons (Fsp3) is 1.00. The van der Waals surface area contributed by atoms with Crippen LogP contribution in [-0.2, 0) is 11.2 Å². The van der Waals surface area contributed by atoms with Crippen LogP contribution in [-0.4, -0.2) is 15.5 Å². The van der Waals surface area contributed by atoms with Gasteiger partial charge in [0.25, 0.3) is 0 Å². The second-order valence-electron chi connectivity index (χ2n) is 2.05. The minimum Gasteiger partial charge on any atom is -0.615 e. The molecule has 0 aromatic rings. The van der Waals surface area contributed by atoms with Crippen LogP contribution in [0.4, 0.5) is 0 Å². The Morgan fingerprint density at radius 2 is 2.22 bits per heavy atom. The minimum atomic E-state index is -0.846. The summed E-state index contributed by atoms with van der Waals surface area (Å²) in [5.41, 5.74) is 0. The first-order valence-corrected chi connectivity index (χ1v) is 5.20. The van der Waals surface area contributed by atoms with Crippen LogP contribution in [0.3, 0.4) is 0 Å². The van der Waals surface area contributed by atoms with E-state index in [0.29, 0.717) is 0 Å². The summed E-state index contributed by atoms with van der Waals surface area (Å²) in [6.45, 7) is 2.10. The van der Waals surface area contributed by atoms with Crippen molar-refractivity contribution < 1.29 is 4.55 Å². The first kappa shape index (κ1) is 9.60. The molecule has 0 saturated carbocycles. The Hall–Kier alpha value is 0.600. The van der Waals surface area contributed by atoms with Crippen molar-refractivity contribution in [2.24, 2.45) is 0 Å². The summed E-state index contributed by atoms with van der Waals surface area (Å²) >= 11 is 4.85. The van der Waals surface area contributed by atoms with Gasteiger partial charge in [-0.3, -0.25) is 0 Å². The van der Waals surface area contributed by atoms with E-state index in [-0.39, 0.29) is 4.71 Å². The molecular formula is C6H13ClOS. The lowest BCUT2D eigenvalue weighted by Crippen LogP contribution is -2.12. The summed E-state index contributed by atoms with van der Waals surface area (Å²) < 4.78 is 10.5. The highest BCUT2D eigenvalue weighted by molar-refractivity contribution is 7.92. The zero-order valence-electron chi connectivity index (χ0n) is 5.89. The van der Waals surface area contributed by atoms with E-state index >= 15 is 0 Å². The van der Waals surface area contributed by atoms with Gasteiger partial charge >= 0.3 is 0 Å². The van der Waals surface area contributed by atoms with Gasteiger partial charge in [0, 0.05) is 6.42 Å². The Morgan fingerprint density at radius 1 is 1.67 bits per heavy atom. The van der Waals surface area contributed by atoms with Crippen molar-refractivity contribution in [3.63, 3.8) is 0 Å². The molecule has 0 aliphatic heterocycles. The van der Waals surface area contributed by atoms with Crippen LogP contribution in [0.15, 0.2) is 0 Å². The molecule has 0 aromatic carbocycles. The van der Waals surface area contributed by atoms with Gasteiger partial charge in [0.1, 0.15) is 0 Å². The van der Waals surface area contributed by atoms with Crippen LogP contribution in [0.25, 0.3) is 0 Å². The maximum absolute atomic E-state index is 10.6. The van der Waals surface area contributed by atoms with E-state index in [0.717, 1.165) is 19.3 Å². The SMILES string of the molecule is CCCCC(Cl)[S+](C)[O-]. The maximum atomic E-state index is 10.6. The molecule has 0 aliphatic carbocycles. The van der Waals surface area contributed by atoms with Crippen LogP contribution in [0.2, 0.25) is 0 Å². The lowest BCUT2D eigenvalue weighted by molar-refractivity contribution is 0.590. The molecule has 0 rings (SSSR count). The molecule has 0 fully saturated rings. The van der Waals surface area contributed by atoms with Crippen LogP contribution >= 0.6 is 11.6 Å². The summed E-state index contributed by atoms with van der Waals surface area (Å²) in [5.74, 6) is 0. The molecule has 1 nitrogen and oxygen atoms in total. The largest absolute Gasteiger partial charge is 0.615 e. The first-order valence-electron chi connectivity index (χ1n) is 3.14. The van der Waals surface area contributed by atoms with Crippen molar-refractivity contribution >= 4 is 22.8 Å². The number of rotatable bonds is 4. The highest BCUT2D eigenvalue weighted by Gasteiger charge is 2.11. The lowest BCUT2D eigenvalue weighted by Gasteiger charge is -2.10. The van der Waals surface area contributed by atoms with Gasteiger partial charge in [-0.25, -0.2) is 0 Å². The molecule has 2 unspecified atom stereocenters. The van der Waals surface area contributed by atoms with E-state index in [4.69, 9.17) is 11.6 Å². The molecule has 0 N–H and O–H groups in total. The summed E-state index contributed by atoms with van der Waals surface area (Å²) in [6, 6.07) is 0. The Morgan fingerprint density at radius 3 is 2.56 bits per heavy atom. The van der Waals surface area contributed by atoms with Crippen LogP contribution in [0, 0.1) is 0 Å². The summed E-state index contributed by atoms with van der Waals surface area (Å²) in [7, 11) is 0. The van der Waals surface area contributed by atoms with E-state index in [1.165, 1.54) is 0 Å². The topological polar surface area (TPSA) is 23.1 Å². The van der Waals surface area contributed by atoms with E-state index in [9.17, 15) is 4.55 Å². The molecule has 0 spiro atoms. The van der Waals surface area contributed by atoms with E-state index in [1.54, 1.807) is 6.26 Å². The molecule has 2 atom stereocenters. The predicted molar refractivity (Wildman–Crippen MR) is 43.2 cm³/mol. The summed E-state index contributed by atoms with van der Waals surface area (Å²) in [4.78, 5) is 0. The summed E-state index contributed by atoms with van der Waals surface area (Å²) in [6.07, 6.45) is 4.72. The highest BCUT2D eigenvalue weighted by Crippen LogP contribution is 2.12. The molecule has 0 radical (unpaired) electrons. The maximum Gasteiger partial charge on any atom is 0.188 e. The van der Waals surface area contributed by atoms with Crippen LogP contribution in [0.5, 0.6) is 0 Å². The van der Waals surface area contributed by atoms with Gasteiger partial charge in [0.15, 0.2) is 4.71 Å². The standard InChI is InChI=1S/C6H13ClOS/c1-3-4-5-6(7)9(2)8/h6H,3-5H2,1-2H3. The fourth-order valence-electron chi connectivity index (χ4n) is 0.531. The Kier molecular flexibility index (Phi) is 5.75. The molecule has 0 aliphatic rings. The van der Waals surface area contributed by atoms with Crippen molar-refractivity contribution in [1.82, 2.24) is 0 Å². The van der Waals surface area contributed by atoms with Crippen molar-refractivity contribution in [2.45, 2.75) is 30.9 Å². The molecule has 0 heterocycles. The van der Waals surface area contributed by atoms with Crippen LogP contribution < -0.4 is 0 Å². The molecule has 0 aromatic heterocycles. The number of alkyl halides is 1. The molecule has 0 amide bonds. The van der Waals surface area contributed by atoms with Gasteiger partial charge in [-0.1, -0.05) is 24.9 Å². The minimum absolute atomic E-state index is 0.134.